The topological polar surface area (TPSA) is 64.9 Å². The van der Waals surface area contributed by atoms with E-state index in [0.717, 1.165) is 10.0 Å². The Morgan fingerprint density at radius 3 is 2.58 bits per heavy atom. The lowest BCUT2D eigenvalue weighted by molar-refractivity contribution is 0.317. The Labute approximate surface area is 125 Å². The molecule has 19 heavy (non-hydrogen) atoms. The lowest BCUT2D eigenvalue weighted by Crippen LogP contribution is -2.16. The van der Waals surface area contributed by atoms with Gasteiger partial charge in [0, 0.05) is 14.9 Å². The molecule has 0 aliphatic rings. The van der Waals surface area contributed by atoms with E-state index in [1.54, 1.807) is 6.07 Å². The third kappa shape index (κ3) is 3.16. The third-order valence-corrected chi connectivity index (χ3v) is 3.48. The maximum atomic E-state index is 6.17. The molecule has 0 saturated heterocycles. The Hall–Kier alpha value is -0.910. The Morgan fingerprint density at radius 1 is 1.37 bits per heavy atom. The fourth-order valence-corrected chi connectivity index (χ4v) is 2.35. The number of hydrogen-bond donors (Lipinski definition) is 1. The number of benzene rings is 1. The van der Waals surface area contributed by atoms with Crippen LogP contribution >= 0.6 is 27.5 Å². The lowest BCUT2D eigenvalue weighted by Gasteiger charge is -2.11. The maximum Gasteiger partial charge on any atom is 0.232 e. The molecule has 1 aromatic carbocycles. The van der Waals surface area contributed by atoms with Crippen LogP contribution in [0, 0.1) is 0 Å². The van der Waals surface area contributed by atoms with E-state index < -0.39 is 6.04 Å². The standard InChI is InChI=1S/C13H15BrClN3O/c1-13(2,3)12-17-11(18-19-12)10(16)8-5-4-7(14)6-9(8)15/h4-6,10H,16H2,1-3H3. The van der Waals surface area contributed by atoms with Gasteiger partial charge < -0.3 is 10.3 Å². The number of rotatable bonds is 2. The van der Waals surface area contributed by atoms with E-state index in [1.165, 1.54) is 0 Å². The highest BCUT2D eigenvalue weighted by atomic mass is 79.9. The minimum Gasteiger partial charge on any atom is -0.339 e. The molecule has 2 rings (SSSR count). The van der Waals surface area contributed by atoms with Crippen molar-refractivity contribution in [2.45, 2.75) is 32.2 Å². The molecule has 4 nitrogen and oxygen atoms in total. The van der Waals surface area contributed by atoms with Crippen molar-refractivity contribution < 1.29 is 4.52 Å². The van der Waals surface area contributed by atoms with Crippen molar-refractivity contribution in [1.29, 1.82) is 0 Å². The quantitative estimate of drug-likeness (QED) is 0.899. The predicted molar refractivity (Wildman–Crippen MR) is 78.2 cm³/mol. The molecule has 2 N–H and O–H groups in total. The number of aromatic nitrogens is 2. The molecule has 0 spiro atoms. The zero-order chi connectivity index (χ0) is 14.2. The molecule has 0 amide bonds. The number of nitrogens with zero attached hydrogens (tertiary/aromatic N) is 2. The third-order valence-electron chi connectivity index (χ3n) is 2.66. The van der Waals surface area contributed by atoms with Crippen LogP contribution in [0.15, 0.2) is 27.2 Å². The van der Waals surface area contributed by atoms with Crippen LogP contribution in [0.3, 0.4) is 0 Å². The molecule has 0 bridgehead atoms. The van der Waals surface area contributed by atoms with Gasteiger partial charge >= 0.3 is 0 Å². The van der Waals surface area contributed by atoms with Gasteiger partial charge in [-0.15, -0.1) is 0 Å². The summed E-state index contributed by atoms with van der Waals surface area (Å²) in [5, 5.41) is 4.51. The van der Waals surface area contributed by atoms with Crippen LogP contribution < -0.4 is 5.73 Å². The van der Waals surface area contributed by atoms with Crippen LogP contribution in [0.25, 0.3) is 0 Å². The zero-order valence-corrected chi connectivity index (χ0v) is 13.3. The Balaban J connectivity index is 2.34. The van der Waals surface area contributed by atoms with Crippen LogP contribution in [-0.4, -0.2) is 10.1 Å². The monoisotopic (exact) mass is 343 g/mol. The average molecular weight is 345 g/mol. The summed E-state index contributed by atoms with van der Waals surface area (Å²) in [5.74, 6) is 1.00. The summed E-state index contributed by atoms with van der Waals surface area (Å²) in [6.45, 7) is 6.01. The minimum atomic E-state index is -0.500. The van der Waals surface area contributed by atoms with Gasteiger partial charge in [0.25, 0.3) is 0 Å². The summed E-state index contributed by atoms with van der Waals surface area (Å²) in [6, 6.07) is 5.03. The summed E-state index contributed by atoms with van der Waals surface area (Å²) >= 11 is 9.53. The first-order valence-corrected chi connectivity index (χ1v) is 7.01. The summed E-state index contributed by atoms with van der Waals surface area (Å²) in [6.07, 6.45) is 0. The zero-order valence-electron chi connectivity index (χ0n) is 10.9. The SMILES string of the molecule is CC(C)(C)c1nc(C(N)c2ccc(Br)cc2Cl)no1. The molecule has 6 heteroatoms. The maximum absolute atomic E-state index is 6.17. The second kappa shape index (κ2) is 5.23. The Kier molecular flexibility index (Phi) is 3.99. The molecule has 1 unspecified atom stereocenters. The van der Waals surface area contributed by atoms with Crippen molar-refractivity contribution >= 4 is 27.5 Å². The van der Waals surface area contributed by atoms with Crippen LogP contribution in [-0.2, 0) is 5.41 Å². The predicted octanol–water partition coefficient (Wildman–Crippen LogP) is 3.83. The molecule has 1 atom stereocenters. The van der Waals surface area contributed by atoms with Crippen molar-refractivity contribution in [3.63, 3.8) is 0 Å². The second-order valence-corrected chi connectivity index (χ2v) is 6.67. The van der Waals surface area contributed by atoms with Gasteiger partial charge in [-0.3, -0.25) is 0 Å². The lowest BCUT2D eigenvalue weighted by atomic mass is 9.97. The van der Waals surface area contributed by atoms with Gasteiger partial charge in [-0.2, -0.15) is 4.98 Å². The van der Waals surface area contributed by atoms with E-state index in [4.69, 9.17) is 21.9 Å². The normalized spacial score (nSPS) is 13.6. The van der Waals surface area contributed by atoms with Crippen molar-refractivity contribution in [3.8, 4) is 0 Å². The highest BCUT2D eigenvalue weighted by molar-refractivity contribution is 9.10. The van der Waals surface area contributed by atoms with Gasteiger partial charge in [0.2, 0.25) is 5.89 Å². The van der Waals surface area contributed by atoms with Gasteiger partial charge in [0.05, 0.1) is 6.04 Å². The highest BCUT2D eigenvalue weighted by Gasteiger charge is 2.25. The van der Waals surface area contributed by atoms with E-state index in [-0.39, 0.29) is 5.41 Å². The van der Waals surface area contributed by atoms with E-state index in [1.807, 2.05) is 32.9 Å². The number of nitrogens with two attached hydrogens (primary N) is 1. The molecule has 1 heterocycles. The summed E-state index contributed by atoms with van der Waals surface area (Å²) < 4.78 is 6.14. The highest BCUT2D eigenvalue weighted by Crippen LogP contribution is 2.29. The molecule has 0 saturated carbocycles. The fraction of sp³-hybridized carbons (Fsp3) is 0.385. The average Bonchev–Trinajstić information content (AvgIpc) is 2.76. The van der Waals surface area contributed by atoms with Crippen LogP contribution in [0.5, 0.6) is 0 Å². The van der Waals surface area contributed by atoms with Gasteiger partial charge in [-0.25, -0.2) is 0 Å². The molecule has 0 aliphatic carbocycles. The number of hydrogen-bond acceptors (Lipinski definition) is 4. The fourth-order valence-electron chi connectivity index (χ4n) is 1.56. The Morgan fingerprint density at radius 2 is 2.05 bits per heavy atom. The molecular weight excluding hydrogens is 330 g/mol. The first-order chi connectivity index (χ1) is 8.79. The summed E-state index contributed by atoms with van der Waals surface area (Å²) in [7, 11) is 0. The first kappa shape index (κ1) is 14.5. The van der Waals surface area contributed by atoms with Crippen LogP contribution in [0.1, 0.15) is 44.1 Å². The van der Waals surface area contributed by atoms with Crippen molar-refractivity contribution in [3.05, 3.63) is 45.0 Å². The molecule has 1 aromatic heterocycles. The largest absolute Gasteiger partial charge is 0.339 e. The first-order valence-electron chi connectivity index (χ1n) is 5.83. The Bertz CT molecular complexity index is 592. The van der Waals surface area contributed by atoms with Gasteiger partial charge in [-0.1, -0.05) is 59.5 Å². The smallest absolute Gasteiger partial charge is 0.232 e. The molecular formula is C13H15BrClN3O. The summed E-state index contributed by atoms with van der Waals surface area (Å²) in [5.41, 5.74) is 6.71. The molecule has 0 radical (unpaired) electrons. The van der Waals surface area contributed by atoms with Crippen molar-refractivity contribution in [2.75, 3.05) is 0 Å². The molecule has 0 aliphatic heterocycles. The van der Waals surface area contributed by atoms with Crippen molar-refractivity contribution in [2.24, 2.45) is 5.73 Å². The van der Waals surface area contributed by atoms with E-state index in [2.05, 4.69) is 26.1 Å². The molecule has 2 aromatic rings. The van der Waals surface area contributed by atoms with Gasteiger partial charge in [0.15, 0.2) is 5.82 Å². The van der Waals surface area contributed by atoms with E-state index in [0.29, 0.717) is 16.7 Å². The van der Waals surface area contributed by atoms with Gasteiger partial charge in [-0.05, 0) is 17.7 Å². The number of halogens is 2. The van der Waals surface area contributed by atoms with Gasteiger partial charge in [0.1, 0.15) is 0 Å². The van der Waals surface area contributed by atoms with Crippen LogP contribution in [0.2, 0.25) is 5.02 Å². The van der Waals surface area contributed by atoms with E-state index in [9.17, 15) is 0 Å². The second-order valence-electron chi connectivity index (χ2n) is 5.35. The molecule has 0 fully saturated rings. The molecule has 102 valence electrons. The minimum absolute atomic E-state index is 0.200. The van der Waals surface area contributed by atoms with Crippen molar-refractivity contribution in [1.82, 2.24) is 10.1 Å². The van der Waals surface area contributed by atoms with Crippen LogP contribution in [0.4, 0.5) is 0 Å². The summed E-state index contributed by atoms with van der Waals surface area (Å²) in [4.78, 5) is 4.35. The van der Waals surface area contributed by atoms with E-state index >= 15 is 0 Å².